The number of benzene rings is 1. The zero-order valence-electron chi connectivity index (χ0n) is 10.3. The molecule has 2 rings (SSSR count). The average Bonchev–Trinajstić information content (AvgIpc) is 2.63. The standard InChI is InChI=1S/C14H17NO2/c1-3-7-12(16)13-10-8-5-6-9-11(10)14(17)15(13)4-2/h5-6,8-9,13H,3-4,7H2,1-2H3. The van der Waals surface area contributed by atoms with E-state index in [1.807, 2.05) is 32.0 Å². The fourth-order valence-corrected chi connectivity index (χ4v) is 2.43. The van der Waals surface area contributed by atoms with Crippen molar-refractivity contribution in [2.75, 3.05) is 6.54 Å². The van der Waals surface area contributed by atoms with Crippen LogP contribution in [0, 0.1) is 0 Å². The van der Waals surface area contributed by atoms with Crippen molar-refractivity contribution in [2.24, 2.45) is 0 Å². The Labute approximate surface area is 101 Å². The summed E-state index contributed by atoms with van der Waals surface area (Å²) in [6, 6.07) is 7.07. The first kappa shape index (κ1) is 11.8. The molecule has 0 saturated heterocycles. The van der Waals surface area contributed by atoms with E-state index >= 15 is 0 Å². The van der Waals surface area contributed by atoms with E-state index in [4.69, 9.17) is 0 Å². The molecule has 1 aromatic rings. The highest BCUT2D eigenvalue weighted by molar-refractivity contribution is 6.05. The third kappa shape index (κ3) is 1.86. The molecule has 0 N–H and O–H groups in total. The molecule has 0 radical (unpaired) electrons. The van der Waals surface area contributed by atoms with Gasteiger partial charge in [-0.05, 0) is 25.0 Å². The van der Waals surface area contributed by atoms with Crippen LogP contribution in [0.25, 0.3) is 0 Å². The minimum absolute atomic E-state index is 0.0162. The molecule has 3 heteroatoms. The van der Waals surface area contributed by atoms with Gasteiger partial charge in [-0.3, -0.25) is 9.59 Å². The summed E-state index contributed by atoms with van der Waals surface area (Å²) in [4.78, 5) is 25.9. The highest BCUT2D eigenvalue weighted by Crippen LogP contribution is 2.34. The molecule has 1 amide bonds. The van der Waals surface area contributed by atoms with Crippen LogP contribution in [0.1, 0.15) is 48.7 Å². The molecule has 90 valence electrons. The van der Waals surface area contributed by atoms with Crippen LogP contribution in [0.4, 0.5) is 0 Å². The van der Waals surface area contributed by atoms with Crippen LogP contribution in [0.5, 0.6) is 0 Å². The van der Waals surface area contributed by atoms with E-state index in [2.05, 4.69) is 0 Å². The number of amides is 1. The van der Waals surface area contributed by atoms with E-state index in [0.29, 0.717) is 18.5 Å². The van der Waals surface area contributed by atoms with E-state index in [9.17, 15) is 9.59 Å². The summed E-state index contributed by atoms with van der Waals surface area (Å²) in [7, 11) is 0. The Morgan fingerprint density at radius 1 is 1.29 bits per heavy atom. The zero-order valence-corrected chi connectivity index (χ0v) is 10.3. The predicted molar refractivity (Wildman–Crippen MR) is 65.8 cm³/mol. The highest BCUT2D eigenvalue weighted by Gasteiger charge is 2.38. The Morgan fingerprint density at radius 3 is 2.65 bits per heavy atom. The van der Waals surface area contributed by atoms with Gasteiger partial charge in [-0.15, -0.1) is 0 Å². The van der Waals surface area contributed by atoms with Gasteiger partial charge in [0.15, 0.2) is 5.78 Å². The molecular formula is C14H17NO2. The monoisotopic (exact) mass is 231 g/mol. The Kier molecular flexibility index (Phi) is 3.27. The lowest BCUT2D eigenvalue weighted by atomic mass is 9.99. The molecule has 17 heavy (non-hydrogen) atoms. The van der Waals surface area contributed by atoms with Crippen LogP contribution in [-0.4, -0.2) is 23.1 Å². The van der Waals surface area contributed by atoms with Crippen molar-refractivity contribution in [3.8, 4) is 0 Å². The number of rotatable bonds is 4. The molecule has 0 aliphatic carbocycles. The van der Waals surface area contributed by atoms with Gasteiger partial charge < -0.3 is 4.90 Å². The van der Waals surface area contributed by atoms with Crippen molar-refractivity contribution in [2.45, 2.75) is 32.7 Å². The summed E-state index contributed by atoms with van der Waals surface area (Å²) < 4.78 is 0. The Hall–Kier alpha value is -1.64. The number of ketones is 1. The van der Waals surface area contributed by atoms with E-state index in [-0.39, 0.29) is 17.7 Å². The molecule has 1 heterocycles. The number of hydrogen-bond acceptors (Lipinski definition) is 2. The number of hydrogen-bond donors (Lipinski definition) is 0. The molecule has 0 bridgehead atoms. The molecule has 1 unspecified atom stereocenters. The van der Waals surface area contributed by atoms with Gasteiger partial charge in [0.1, 0.15) is 6.04 Å². The summed E-state index contributed by atoms with van der Waals surface area (Å²) in [6.07, 6.45) is 1.35. The molecule has 0 saturated carbocycles. The Bertz CT molecular complexity index is 453. The smallest absolute Gasteiger partial charge is 0.255 e. The van der Waals surface area contributed by atoms with E-state index < -0.39 is 0 Å². The summed E-state index contributed by atoms with van der Waals surface area (Å²) in [5.74, 6) is 0.130. The fraction of sp³-hybridized carbons (Fsp3) is 0.429. The topological polar surface area (TPSA) is 37.4 Å². The minimum atomic E-state index is -0.358. The van der Waals surface area contributed by atoms with Gasteiger partial charge >= 0.3 is 0 Å². The predicted octanol–water partition coefficient (Wildman–Crippen LogP) is 2.57. The lowest BCUT2D eigenvalue weighted by Crippen LogP contribution is -2.32. The zero-order chi connectivity index (χ0) is 12.4. The third-order valence-corrected chi connectivity index (χ3v) is 3.20. The van der Waals surface area contributed by atoms with E-state index in [1.165, 1.54) is 0 Å². The van der Waals surface area contributed by atoms with Gasteiger partial charge in [0.05, 0.1) is 0 Å². The van der Waals surface area contributed by atoms with Gasteiger partial charge in [-0.25, -0.2) is 0 Å². The molecular weight excluding hydrogens is 214 g/mol. The first-order valence-electron chi connectivity index (χ1n) is 6.13. The molecule has 0 aromatic heterocycles. The molecule has 0 fully saturated rings. The molecule has 1 aliphatic heterocycles. The fourth-order valence-electron chi connectivity index (χ4n) is 2.43. The maximum Gasteiger partial charge on any atom is 0.255 e. The van der Waals surface area contributed by atoms with Crippen LogP contribution in [0.15, 0.2) is 24.3 Å². The van der Waals surface area contributed by atoms with Gasteiger partial charge in [0, 0.05) is 18.5 Å². The number of carbonyl (C=O) groups is 2. The number of carbonyl (C=O) groups excluding carboxylic acids is 2. The van der Waals surface area contributed by atoms with Crippen molar-refractivity contribution >= 4 is 11.7 Å². The van der Waals surface area contributed by atoms with Crippen molar-refractivity contribution in [3.63, 3.8) is 0 Å². The summed E-state index contributed by atoms with van der Waals surface area (Å²) in [6.45, 7) is 4.47. The van der Waals surface area contributed by atoms with Crippen LogP contribution < -0.4 is 0 Å². The van der Waals surface area contributed by atoms with Crippen molar-refractivity contribution < 1.29 is 9.59 Å². The Balaban J connectivity index is 2.42. The van der Waals surface area contributed by atoms with Gasteiger partial charge in [-0.2, -0.15) is 0 Å². The first-order valence-corrected chi connectivity index (χ1v) is 6.13. The number of nitrogens with zero attached hydrogens (tertiary/aromatic N) is 1. The molecule has 1 aromatic carbocycles. The van der Waals surface area contributed by atoms with E-state index in [0.717, 1.165) is 12.0 Å². The second kappa shape index (κ2) is 4.70. The second-order valence-electron chi connectivity index (χ2n) is 4.30. The summed E-state index contributed by atoms with van der Waals surface area (Å²) >= 11 is 0. The normalized spacial score (nSPS) is 18.4. The van der Waals surface area contributed by atoms with Gasteiger partial charge in [-0.1, -0.05) is 25.1 Å². The SMILES string of the molecule is CCCC(=O)C1c2ccccc2C(=O)N1CC. The van der Waals surface area contributed by atoms with Crippen LogP contribution >= 0.6 is 0 Å². The number of likely N-dealkylation sites (N-methyl/N-ethyl adjacent to an activating group) is 1. The molecule has 3 nitrogen and oxygen atoms in total. The maximum absolute atomic E-state index is 12.1. The summed E-state index contributed by atoms with van der Waals surface area (Å²) in [5.41, 5.74) is 1.56. The molecule has 1 atom stereocenters. The van der Waals surface area contributed by atoms with Crippen LogP contribution in [0.3, 0.4) is 0 Å². The first-order chi connectivity index (χ1) is 8.20. The Morgan fingerprint density at radius 2 is 2.00 bits per heavy atom. The largest absolute Gasteiger partial charge is 0.325 e. The lowest BCUT2D eigenvalue weighted by Gasteiger charge is -2.22. The maximum atomic E-state index is 12.1. The summed E-state index contributed by atoms with van der Waals surface area (Å²) in [5, 5.41) is 0. The third-order valence-electron chi connectivity index (χ3n) is 3.20. The number of Topliss-reactive ketones (excluding diaryl/α,β-unsaturated/α-hetero) is 1. The lowest BCUT2D eigenvalue weighted by molar-refractivity contribution is -0.123. The highest BCUT2D eigenvalue weighted by atomic mass is 16.2. The van der Waals surface area contributed by atoms with Gasteiger partial charge in [0.25, 0.3) is 5.91 Å². The quantitative estimate of drug-likeness (QED) is 0.798. The van der Waals surface area contributed by atoms with Crippen molar-refractivity contribution in [1.29, 1.82) is 0 Å². The average molecular weight is 231 g/mol. The van der Waals surface area contributed by atoms with E-state index in [1.54, 1.807) is 11.0 Å². The van der Waals surface area contributed by atoms with Crippen molar-refractivity contribution in [3.05, 3.63) is 35.4 Å². The molecule has 0 spiro atoms. The molecule has 1 aliphatic rings. The second-order valence-corrected chi connectivity index (χ2v) is 4.30. The minimum Gasteiger partial charge on any atom is -0.325 e. The van der Waals surface area contributed by atoms with Crippen molar-refractivity contribution in [1.82, 2.24) is 4.90 Å². The van der Waals surface area contributed by atoms with Gasteiger partial charge in [0.2, 0.25) is 0 Å². The number of fused-ring (bicyclic) bond motifs is 1. The van der Waals surface area contributed by atoms with Crippen LogP contribution in [0.2, 0.25) is 0 Å². The van der Waals surface area contributed by atoms with Crippen LogP contribution in [-0.2, 0) is 4.79 Å².